The predicted octanol–water partition coefficient (Wildman–Crippen LogP) is 3.88. The minimum atomic E-state index is -0.109. The first-order valence-electron chi connectivity index (χ1n) is 7.33. The van der Waals surface area contributed by atoms with Crippen LogP contribution in [0.25, 0.3) is 0 Å². The molecule has 0 heterocycles. The lowest BCUT2D eigenvalue weighted by Crippen LogP contribution is -2.34. The number of rotatable bonds is 4. The fourth-order valence-electron chi connectivity index (χ4n) is 3.07. The van der Waals surface area contributed by atoms with Crippen LogP contribution in [0.3, 0.4) is 0 Å². The van der Waals surface area contributed by atoms with Gasteiger partial charge in [-0.1, -0.05) is 25.3 Å². The molecule has 1 unspecified atom stereocenters. The van der Waals surface area contributed by atoms with Crippen molar-refractivity contribution in [1.29, 1.82) is 0 Å². The van der Waals surface area contributed by atoms with Crippen molar-refractivity contribution in [2.45, 2.75) is 51.1 Å². The molecule has 0 aromatic heterocycles. The summed E-state index contributed by atoms with van der Waals surface area (Å²) in [5.74, 6) is -0.109. The molecule has 0 spiro atoms. The number of nitrogens with zero attached hydrogens (tertiary/aromatic N) is 1. The number of nitrogens with one attached hydrogen (secondary N) is 1. The van der Waals surface area contributed by atoms with Crippen LogP contribution in [-0.2, 0) is 0 Å². The van der Waals surface area contributed by atoms with Crippen LogP contribution in [-0.4, -0.2) is 20.1 Å². The van der Waals surface area contributed by atoms with Gasteiger partial charge in [-0.2, -0.15) is 0 Å². The number of hydrogen-bond acceptors (Lipinski definition) is 2. The Morgan fingerprint density at radius 1 is 1.26 bits per heavy atom. The van der Waals surface area contributed by atoms with Crippen LogP contribution in [0.4, 0.5) is 10.1 Å². The third-order valence-electron chi connectivity index (χ3n) is 4.40. The highest BCUT2D eigenvalue weighted by Gasteiger charge is 2.23. The highest BCUT2D eigenvalue weighted by atomic mass is 19.1. The normalized spacial score (nSPS) is 18.3. The van der Waals surface area contributed by atoms with E-state index >= 15 is 0 Å². The molecule has 0 bridgehead atoms. The molecular weight excluding hydrogens is 239 g/mol. The minimum Gasteiger partial charge on any atom is -0.371 e. The Morgan fingerprint density at radius 3 is 2.58 bits per heavy atom. The van der Waals surface area contributed by atoms with Crippen molar-refractivity contribution in [1.82, 2.24) is 5.32 Å². The molecule has 0 aliphatic heterocycles. The second kappa shape index (κ2) is 6.38. The van der Waals surface area contributed by atoms with Gasteiger partial charge in [0.15, 0.2) is 0 Å². The zero-order valence-electron chi connectivity index (χ0n) is 12.2. The SMILES string of the molecule is CNC(C)c1c(F)cccc1N(C)C1CCCCC1. The number of hydrogen-bond donors (Lipinski definition) is 1. The topological polar surface area (TPSA) is 15.3 Å². The summed E-state index contributed by atoms with van der Waals surface area (Å²) in [7, 11) is 3.98. The lowest BCUT2D eigenvalue weighted by Gasteiger charge is -2.35. The average molecular weight is 264 g/mol. The highest BCUT2D eigenvalue weighted by molar-refractivity contribution is 5.55. The van der Waals surface area contributed by atoms with Crippen LogP contribution in [0, 0.1) is 5.82 Å². The first-order chi connectivity index (χ1) is 9.15. The molecule has 0 radical (unpaired) electrons. The first kappa shape index (κ1) is 14.3. The Hall–Kier alpha value is -1.09. The van der Waals surface area contributed by atoms with Crippen LogP contribution in [0.1, 0.15) is 50.6 Å². The van der Waals surface area contributed by atoms with Crippen LogP contribution in [0.15, 0.2) is 18.2 Å². The largest absolute Gasteiger partial charge is 0.371 e. The lowest BCUT2D eigenvalue weighted by molar-refractivity contribution is 0.425. The van der Waals surface area contributed by atoms with Crippen molar-refractivity contribution in [2.75, 3.05) is 19.0 Å². The number of benzene rings is 1. The zero-order valence-corrected chi connectivity index (χ0v) is 12.2. The molecule has 1 atom stereocenters. The minimum absolute atomic E-state index is 0.0299. The van der Waals surface area contributed by atoms with Gasteiger partial charge < -0.3 is 10.2 Å². The molecule has 2 nitrogen and oxygen atoms in total. The maximum absolute atomic E-state index is 14.1. The molecule has 19 heavy (non-hydrogen) atoms. The number of halogens is 1. The van der Waals surface area contributed by atoms with Crippen molar-refractivity contribution in [3.63, 3.8) is 0 Å². The molecule has 1 aromatic carbocycles. The van der Waals surface area contributed by atoms with E-state index in [1.165, 1.54) is 32.1 Å². The second-order valence-electron chi connectivity index (χ2n) is 5.59. The quantitative estimate of drug-likeness (QED) is 0.888. The van der Waals surface area contributed by atoms with Crippen molar-refractivity contribution in [3.05, 3.63) is 29.6 Å². The van der Waals surface area contributed by atoms with Crippen LogP contribution >= 0.6 is 0 Å². The van der Waals surface area contributed by atoms with E-state index in [1.54, 1.807) is 6.07 Å². The molecule has 1 fully saturated rings. The Morgan fingerprint density at radius 2 is 1.95 bits per heavy atom. The zero-order chi connectivity index (χ0) is 13.8. The summed E-state index contributed by atoms with van der Waals surface area (Å²) in [4.78, 5) is 2.28. The van der Waals surface area contributed by atoms with Gasteiger partial charge in [-0.25, -0.2) is 4.39 Å². The van der Waals surface area contributed by atoms with Crippen LogP contribution < -0.4 is 10.2 Å². The predicted molar refractivity (Wildman–Crippen MR) is 79.2 cm³/mol. The van der Waals surface area contributed by atoms with Crippen molar-refractivity contribution >= 4 is 5.69 Å². The van der Waals surface area contributed by atoms with Crippen LogP contribution in [0.5, 0.6) is 0 Å². The monoisotopic (exact) mass is 264 g/mol. The van der Waals surface area contributed by atoms with Crippen LogP contribution in [0.2, 0.25) is 0 Å². The van der Waals surface area contributed by atoms with Gasteiger partial charge in [-0.05, 0) is 38.9 Å². The second-order valence-corrected chi connectivity index (χ2v) is 5.59. The van der Waals surface area contributed by atoms with E-state index in [4.69, 9.17) is 0 Å². The molecule has 1 saturated carbocycles. The summed E-state index contributed by atoms with van der Waals surface area (Å²) in [5, 5.41) is 3.15. The molecule has 1 aromatic rings. The van der Waals surface area contributed by atoms with Gasteiger partial charge in [0.25, 0.3) is 0 Å². The van der Waals surface area contributed by atoms with E-state index in [0.717, 1.165) is 11.3 Å². The lowest BCUT2D eigenvalue weighted by atomic mass is 9.93. The maximum atomic E-state index is 14.1. The fraction of sp³-hybridized carbons (Fsp3) is 0.625. The third-order valence-corrected chi connectivity index (χ3v) is 4.40. The smallest absolute Gasteiger partial charge is 0.130 e. The highest BCUT2D eigenvalue weighted by Crippen LogP contribution is 2.32. The molecule has 1 aliphatic rings. The summed E-state index contributed by atoms with van der Waals surface area (Å²) in [6.45, 7) is 2.01. The fourth-order valence-corrected chi connectivity index (χ4v) is 3.07. The molecule has 2 rings (SSSR count). The van der Waals surface area contributed by atoms with Gasteiger partial charge in [0.05, 0.1) is 0 Å². The van der Waals surface area contributed by atoms with Gasteiger partial charge in [0.1, 0.15) is 5.82 Å². The standard InChI is InChI=1S/C16H25FN2/c1-12(18-2)16-14(17)10-7-11-15(16)19(3)13-8-5-4-6-9-13/h7,10-13,18H,4-6,8-9H2,1-3H3. The average Bonchev–Trinajstić information content (AvgIpc) is 2.46. The van der Waals surface area contributed by atoms with E-state index in [-0.39, 0.29) is 11.9 Å². The van der Waals surface area contributed by atoms with Gasteiger partial charge in [-0.15, -0.1) is 0 Å². The van der Waals surface area contributed by atoms with Gasteiger partial charge in [0, 0.05) is 30.4 Å². The molecule has 1 N–H and O–H groups in total. The molecular formula is C16H25FN2. The van der Waals surface area contributed by atoms with E-state index in [1.807, 2.05) is 26.1 Å². The Balaban J connectivity index is 2.29. The van der Waals surface area contributed by atoms with E-state index in [2.05, 4.69) is 17.3 Å². The summed E-state index contributed by atoms with van der Waals surface area (Å²) in [6, 6.07) is 6.00. The molecule has 1 aliphatic carbocycles. The maximum Gasteiger partial charge on any atom is 0.130 e. The Kier molecular flexibility index (Phi) is 4.81. The van der Waals surface area contributed by atoms with Gasteiger partial charge in [0.2, 0.25) is 0 Å². The van der Waals surface area contributed by atoms with Crippen molar-refractivity contribution < 1.29 is 4.39 Å². The molecule has 0 amide bonds. The summed E-state index contributed by atoms with van der Waals surface area (Å²) >= 11 is 0. The Labute approximate surface area is 116 Å². The van der Waals surface area contributed by atoms with E-state index < -0.39 is 0 Å². The molecule has 0 saturated heterocycles. The van der Waals surface area contributed by atoms with Crippen molar-refractivity contribution in [3.8, 4) is 0 Å². The third kappa shape index (κ3) is 3.08. The van der Waals surface area contributed by atoms with E-state index in [9.17, 15) is 4.39 Å². The summed E-state index contributed by atoms with van der Waals surface area (Å²) in [5.41, 5.74) is 1.83. The summed E-state index contributed by atoms with van der Waals surface area (Å²) in [6.07, 6.45) is 6.37. The van der Waals surface area contributed by atoms with Crippen molar-refractivity contribution in [2.24, 2.45) is 0 Å². The molecule has 106 valence electrons. The Bertz CT molecular complexity index is 413. The van der Waals surface area contributed by atoms with E-state index in [0.29, 0.717) is 6.04 Å². The molecule has 3 heteroatoms. The number of anilines is 1. The summed E-state index contributed by atoms with van der Waals surface area (Å²) < 4.78 is 14.1. The first-order valence-corrected chi connectivity index (χ1v) is 7.33. The van der Waals surface area contributed by atoms with Gasteiger partial charge in [-0.3, -0.25) is 0 Å². The van der Waals surface area contributed by atoms with Gasteiger partial charge >= 0.3 is 0 Å².